The number of allylic oxidation sites excluding steroid dienone is 1. The molecule has 7 heteroatoms. The Morgan fingerprint density at radius 2 is 2.07 bits per heavy atom. The summed E-state index contributed by atoms with van der Waals surface area (Å²) in [6.45, 7) is 1.59. The van der Waals surface area contributed by atoms with Gasteiger partial charge in [-0.15, -0.1) is 0 Å². The minimum atomic E-state index is -1.21. The lowest BCUT2D eigenvalue weighted by Crippen LogP contribution is -2.41. The fourth-order valence-corrected chi connectivity index (χ4v) is 3.57. The molecular formula is C21H27F2N3O2. The van der Waals surface area contributed by atoms with E-state index in [0.717, 1.165) is 24.8 Å². The van der Waals surface area contributed by atoms with Crippen LogP contribution in [0.15, 0.2) is 18.3 Å². The van der Waals surface area contributed by atoms with Crippen LogP contribution in [0.4, 0.5) is 14.5 Å². The highest BCUT2D eigenvalue weighted by Gasteiger charge is 2.31. The van der Waals surface area contributed by atoms with Gasteiger partial charge in [-0.05, 0) is 44.7 Å². The van der Waals surface area contributed by atoms with Gasteiger partial charge in [0.15, 0.2) is 6.10 Å². The van der Waals surface area contributed by atoms with Crippen molar-refractivity contribution in [1.82, 2.24) is 5.32 Å². The maximum Gasteiger partial charge on any atom is 0.224 e. The number of anilines is 1. The molecule has 1 aliphatic heterocycles. The predicted octanol–water partition coefficient (Wildman–Crippen LogP) is 3.80. The van der Waals surface area contributed by atoms with Gasteiger partial charge < -0.3 is 20.4 Å². The van der Waals surface area contributed by atoms with E-state index in [1.165, 1.54) is 13.1 Å². The van der Waals surface area contributed by atoms with Crippen LogP contribution in [-0.2, 0) is 11.2 Å². The van der Waals surface area contributed by atoms with E-state index in [1.807, 2.05) is 13.0 Å². The number of halogens is 2. The fraction of sp³-hybridized carbons (Fsp3) is 0.524. The number of amides is 1. The van der Waals surface area contributed by atoms with Crippen molar-refractivity contribution in [3.05, 3.63) is 29.5 Å². The van der Waals surface area contributed by atoms with E-state index < -0.39 is 19.5 Å². The zero-order valence-corrected chi connectivity index (χ0v) is 16.3. The SMILES string of the molecule is CC(=O)N1c2ccc(/C(C=N)=C/NC3CC3)c(OC(CF)CF)c2CCC1C. The van der Waals surface area contributed by atoms with E-state index in [0.29, 0.717) is 35.0 Å². The Morgan fingerprint density at radius 1 is 1.36 bits per heavy atom. The molecule has 0 radical (unpaired) electrons. The first kappa shape index (κ1) is 20.3. The zero-order valence-electron chi connectivity index (χ0n) is 16.3. The maximum absolute atomic E-state index is 13.2. The summed E-state index contributed by atoms with van der Waals surface area (Å²) in [7, 11) is 0. The van der Waals surface area contributed by atoms with Gasteiger partial charge >= 0.3 is 0 Å². The number of carbonyl (C=O) groups excluding carboxylic acids is 1. The Hall–Kier alpha value is -2.44. The number of ether oxygens (including phenoxy) is 1. The van der Waals surface area contributed by atoms with Gasteiger partial charge in [-0.3, -0.25) is 4.79 Å². The summed E-state index contributed by atoms with van der Waals surface area (Å²) >= 11 is 0. The van der Waals surface area contributed by atoms with Crippen LogP contribution < -0.4 is 15.0 Å². The molecule has 5 nitrogen and oxygen atoms in total. The van der Waals surface area contributed by atoms with Crippen molar-refractivity contribution in [2.45, 2.75) is 57.7 Å². The molecule has 1 unspecified atom stereocenters. The summed E-state index contributed by atoms with van der Waals surface area (Å²) in [5.74, 6) is 0.279. The Morgan fingerprint density at radius 3 is 2.64 bits per heavy atom. The van der Waals surface area contributed by atoms with Crippen molar-refractivity contribution >= 4 is 23.4 Å². The standard InChI is InChI=1S/C21H27F2N3O2/c1-13-3-6-19-20(26(13)14(2)27)8-7-18(21(19)28-17(9-22)10-23)15(11-24)12-25-16-4-5-16/h7-8,11-13,16-17,24-25H,3-6,9-10H2,1-2H3/b15-12+,24-11?. The third-order valence-electron chi connectivity index (χ3n) is 5.23. The van der Waals surface area contributed by atoms with Crippen molar-refractivity contribution in [1.29, 1.82) is 5.41 Å². The van der Waals surface area contributed by atoms with Crippen molar-refractivity contribution in [3.8, 4) is 5.75 Å². The number of rotatable bonds is 8. The second-order valence-corrected chi connectivity index (χ2v) is 7.45. The minimum Gasteiger partial charge on any atom is -0.484 e. The average Bonchev–Trinajstić information content (AvgIpc) is 3.51. The highest BCUT2D eigenvalue weighted by atomic mass is 19.1. The largest absolute Gasteiger partial charge is 0.484 e. The molecule has 0 bridgehead atoms. The number of hydrogen-bond donors (Lipinski definition) is 2. The molecule has 2 N–H and O–H groups in total. The first-order valence-corrected chi connectivity index (χ1v) is 9.71. The van der Waals surface area contributed by atoms with Crippen molar-refractivity contribution in [3.63, 3.8) is 0 Å². The summed E-state index contributed by atoms with van der Waals surface area (Å²) in [4.78, 5) is 13.9. The molecule has 0 spiro atoms. The lowest BCUT2D eigenvalue weighted by atomic mass is 9.91. The van der Waals surface area contributed by atoms with Gasteiger partial charge in [-0.2, -0.15) is 0 Å². The van der Waals surface area contributed by atoms with E-state index in [1.54, 1.807) is 17.2 Å². The van der Waals surface area contributed by atoms with Crippen LogP contribution in [0.5, 0.6) is 5.75 Å². The van der Waals surface area contributed by atoms with E-state index in [4.69, 9.17) is 10.1 Å². The highest BCUT2D eigenvalue weighted by Crippen LogP contribution is 2.41. The van der Waals surface area contributed by atoms with Gasteiger partial charge in [0.1, 0.15) is 19.1 Å². The number of nitrogens with one attached hydrogen (secondary N) is 2. The number of hydrogen-bond acceptors (Lipinski definition) is 4. The van der Waals surface area contributed by atoms with Gasteiger partial charge in [0.25, 0.3) is 0 Å². The van der Waals surface area contributed by atoms with Crippen LogP contribution in [-0.4, -0.2) is 43.7 Å². The Bertz CT molecular complexity index is 773. The van der Waals surface area contributed by atoms with Crippen molar-refractivity contribution < 1.29 is 18.3 Å². The molecule has 1 atom stereocenters. The molecule has 1 saturated carbocycles. The third-order valence-corrected chi connectivity index (χ3v) is 5.23. The van der Waals surface area contributed by atoms with E-state index >= 15 is 0 Å². The highest BCUT2D eigenvalue weighted by molar-refractivity contribution is 6.10. The van der Waals surface area contributed by atoms with Crippen LogP contribution in [0.3, 0.4) is 0 Å². The quantitative estimate of drug-likeness (QED) is 0.663. The Kier molecular flexibility index (Phi) is 6.31. The summed E-state index contributed by atoms with van der Waals surface area (Å²) in [5, 5.41) is 11.1. The van der Waals surface area contributed by atoms with Gasteiger partial charge in [-0.25, -0.2) is 8.78 Å². The molecule has 1 aliphatic carbocycles. The number of carbonyl (C=O) groups is 1. The molecule has 1 aromatic carbocycles. The molecular weight excluding hydrogens is 364 g/mol. The summed E-state index contributed by atoms with van der Waals surface area (Å²) < 4.78 is 32.2. The Balaban J connectivity index is 2.09. The molecule has 2 aliphatic rings. The van der Waals surface area contributed by atoms with Crippen LogP contribution in [0.25, 0.3) is 5.57 Å². The molecule has 1 aromatic rings. The third kappa shape index (κ3) is 4.18. The monoisotopic (exact) mass is 391 g/mol. The molecule has 28 heavy (non-hydrogen) atoms. The second-order valence-electron chi connectivity index (χ2n) is 7.45. The first-order valence-electron chi connectivity index (χ1n) is 9.71. The van der Waals surface area contributed by atoms with E-state index in [2.05, 4.69) is 5.32 Å². The second kappa shape index (κ2) is 8.71. The first-order chi connectivity index (χ1) is 13.5. The lowest BCUT2D eigenvalue weighted by Gasteiger charge is -2.36. The topological polar surface area (TPSA) is 65.4 Å². The van der Waals surface area contributed by atoms with E-state index in [9.17, 15) is 13.6 Å². The maximum atomic E-state index is 13.2. The van der Waals surface area contributed by atoms with Crippen LogP contribution >= 0.6 is 0 Å². The molecule has 1 heterocycles. The number of alkyl halides is 2. The molecule has 152 valence electrons. The van der Waals surface area contributed by atoms with Gasteiger partial charge in [0.05, 0.1) is 5.69 Å². The fourth-order valence-electron chi connectivity index (χ4n) is 3.57. The number of nitrogens with zero attached hydrogens (tertiary/aromatic N) is 1. The van der Waals surface area contributed by atoms with Crippen molar-refractivity contribution in [2.24, 2.45) is 0 Å². The van der Waals surface area contributed by atoms with Crippen molar-refractivity contribution in [2.75, 3.05) is 18.2 Å². The molecule has 1 fully saturated rings. The minimum absolute atomic E-state index is 0.0381. The smallest absolute Gasteiger partial charge is 0.224 e. The molecule has 3 rings (SSSR count). The molecule has 1 amide bonds. The lowest BCUT2D eigenvalue weighted by molar-refractivity contribution is -0.117. The molecule has 0 saturated heterocycles. The Labute approximate surface area is 164 Å². The zero-order chi connectivity index (χ0) is 20.3. The van der Waals surface area contributed by atoms with Crippen LogP contribution in [0, 0.1) is 5.41 Å². The normalized spacial score (nSPS) is 19.4. The van der Waals surface area contributed by atoms with Gasteiger partial charge in [-0.1, -0.05) is 0 Å². The summed E-state index contributed by atoms with van der Waals surface area (Å²) in [6.07, 6.45) is 5.30. The average molecular weight is 391 g/mol. The van der Waals surface area contributed by atoms with E-state index in [-0.39, 0.29) is 11.9 Å². The van der Waals surface area contributed by atoms with Gasteiger partial charge in [0.2, 0.25) is 5.91 Å². The van der Waals surface area contributed by atoms with Gasteiger partial charge in [0, 0.05) is 48.1 Å². The molecule has 0 aromatic heterocycles. The number of fused-ring (bicyclic) bond motifs is 1. The predicted molar refractivity (Wildman–Crippen MR) is 107 cm³/mol. The summed E-state index contributed by atoms with van der Waals surface area (Å²) in [6, 6.07) is 4.05. The van der Waals surface area contributed by atoms with Crippen LogP contribution in [0.2, 0.25) is 0 Å². The summed E-state index contributed by atoms with van der Waals surface area (Å²) in [5.41, 5.74) is 2.65. The van der Waals surface area contributed by atoms with Crippen LogP contribution in [0.1, 0.15) is 44.2 Å². The number of benzene rings is 1.